The van der Waals surface area contributed by atoms with Crippen molar-refractivity contribution in [1.29, 1.82) is 0 Å². The first-order chi connectivity index (χ1) is 9.99. The van der Waals surface area contributed by atoms with Gasteiger partial charge in [0.1, 0.15) is 11.5 Å². The van der Waals surface area contributed by atoms with Crippen LogP contribution >= 0.6 is 0 Å². The van der Waals surface area contributed by atoms with E-state index in [-0.39, 0.29) is 5.56 Å². The van der Waals surface area contributed by atoms with Crippen molar-refractivity contribution < 1.29 is 22.6 Å². The third kappa shape index (κ3) is 2.80. The van der Waals surface area contributed by atoms with E-state index < -0.39 is 23.5 Å². The number of benzene rings is 2. The molecule has 0 amide bonds. The molecule has 2 aromatic carbocycles. The highest BCUT2D eigenvalue weighted by atomic mass is 19.2. The third-order valence-corrected chi connectivity index (χ3v) is 3.18. The molecule has 0 heterocycles. The highest BCUT2D eigenvalue weighted by molar-refractivity contribution is 5.46. The number of ether oxygens (including phenoxy) is 2. The summed E-state index contributed by atoms with van der Waals surface area (Å²) in [5, 5.41) is 0. The lowest BCUT2D eigenvalue weighted by Crippen LogP contribution is -2.16. The summed E-state index contributed by atoms with van der Waals surface area (Å²) < 4.78 is 50.3. The second-order valence-electron chi connectivity index (χ2n) is 4.35. The second kappa shape index (κ2) is 6.05. The van der Waals surface area contributed by atoms with Crippen molar-refractivity contribution >= 4 is 0 Å². The standard InChI is InChI=1S/C15H14F3NO2/c1-20-8-3-4-9(12(7-8)21-2)15(19)10-5-6-11(16)14(18)13(10)17/h3-7,15H,19H2,1-2H3. The maximum atomic E-state index is 13.8. The Morgan fingerprint density at radius 1 is 0.905 bits per heavy atom. The first-order valence-electron chi connectivity index (χ1n) is 6.10. The highest BCUT2D eigenvalue weighted by Crippen LogP contribution is 2.33. The van der Waals surface area contributed by atoms with Gasteiger partial charge in [0.15, 0.2) is 17.5 Å². The number of halogens is 3. The van der Waals surface area contributed by atoms with Gasteiger partial charge in [0.25, 0.3) is 0 Å². The van der Waals surface area contributed by atoms with Crippen LogP contribution in [0.25, 0.3) is 0 Å². The van der Waals surface area contributed by atoms with Gasteiger partial charge in [-0.25, -0.2) is 13.2 Å². The van der Waals surface area contributed by atoms with Crippen molar-refractivity contribution in [2.75, 3.05) is 14.2 Å². The monoisotopic (exact) mass is 297 g/mol. The molecule has 0 fully saturated rings. The lowest BCUT2D eigenvalue weighted by Gasteiger charge is -2.17. The molecule has 0 spiro atoms. The van der Waals surface area contributed by atoms with Crippen molar-refractivity contribution in [1.82, 2.24) is 0 Å². The van der Waals surface area contributed by atoms with Crippen molar-refractivity contribution in [2.24, 2.45) is 5.73 Å². The van der Waals surface area contributed by atoms with E-state index in [2.05, 4.69) is 0 Å². The molecule has 2 aromatic rings. The van der Waals surface area contributed by atoms with Crippen LogP contribution in [0, 0.1) is 17.5 Å². The molecule has 3 nitrogen and oxygen atoms in total. The second-order valence-corrected chi connectivity index (χ2v) is 4.35. The van der Waals surface area contributed by atoms with Crippen molar-refractivity contribution in [3.05, 3.63) is 58.9 Å². The number of rotatable bonds is 4. The Bertz CT molecular complexity index is 662. The number of hydrogen-bond acceptors (Lipinski definition) is 3. The van der Waals surface area contributed by atoms with E-state index in [1.54, 1.807) is 18.2 Å². The molecule has 0 saturated heterocycles. The topological polar surface area (TPSA) is 44.5 Å². The van der Waals surface area contributed by atoms with E-state index in [0.717, 1.165) is 12.1 Å². The summed E-state index contributed by atoms with van der Waals surface area (Å²) in [4.78, 5) is 0. The van der Waals surface area contributed by atoms with Crippen molar-refractivity contribution in [3.63, 3.8) is 0 Å². The maximum absolute atomic E-state index is 13.8. The minimum Gasteiger partial charge on any atom is -0.497 e. The summed E-state index contributed by atoms with van der Waals surface area (Å²) in [6.07, 6.45) is 0. The van der Waals surface area contributed by atoms with Crippen LogP contribution in [0.2, 0.25) is 0 Å². The van der Waals surface area contributed by atoms with E-state index in [1.165, 1.54) is 14.2 Å². The smallest absolute Gasteiger partial charge is 0.194 e. The van der Waals surface area contributed by atoms with Crippen LogP contribution in [-0.2, 0) is 0 Å². The zero-order chi connectivity index (χ0) is 15.6. The van der Waals surface area contributed by atoms with Crippen molar-refractivity contribution in [3.8, 4) is 11.5 Å². The first kappa shape index (κ1) is 15.2. The van der Waals surface area contributed by atoms with Gasteiger partial charge in [-0.2, -0.15) is 0 Å². The summed E-state index contributed by atoms with van der Waals surface area (Å²) in [5.41, 5.74) is 6.23. The molecule has 2 N–H and O–H groups in total. The fraction of sp³-hybridized carbons (Fsp3) is 0.200. The number of hydrogen-bond donors (Lipinski definition) is 1. The molecule has 112 valence electrons. The molecule has 0 saturated carbocycles. The van der Waals surface area contributed by atoms with E-state index in [4.69, 9.17) is 15.2 Å². The van der Waals surface area contributed by atoms with Crippen LogP contribution in [-0.4, -0.2) is 14.2 Å². The lowest BCUT2D eigenvalue weighted by atomic mass is 9.97. The summed E-state index contributed by atoms with van der Waals surface area (Å²) in [6.45, 7) is 0. The summed E-state index contributed by atoms with van der Waals surface area (Å²) in [5.74, 6) is -3.21. The van der Waals surface area contributed by atoms with Gasteiger partial charge >= 0.3 is 0 Å². The molecule has 21 heavy (non-hydrogen) atoms. The molecular formula is C15H14F3NO2. The first-order valence-corrected chi connectivity index (χ1v) is 6.10. The van der Waals surface area contributed by atoms with Crippen LogP contribution in [0.1, 0.15) is 17.2 Å². The molecule has 0 aliphatic carbocycles. The van der Waals surface area contributed by atoms with Crippen LogP contribution in [0.3, 0.4) is 0 Å². The van der Waals surface area contributed by atoms with Gasteiger partial charge in [-0.1, -0.05) is 6.07 Å². The molecule has 0 bridgehead atoms. The Balaban J connectivity index is 2.49. The van der Waals surface area contributed by atoms with Gasteiger partial charge in [-0.3, -0.25) is 0 Å². The lowest BCUT2D eigenvalue weighted by molar-refractivity contribution is 0.389. The summed E-state index contributed by atoms with van der Waals surface area (Å²) in [7, 11) is 2.91. The molecule has 6 heteroatoms. The van der Waals surface area contributed by atoms with E-state index in [9.17, 15) is 13.2 Å². The number of methoxy groups -OCH3 is 2. The van der Waals surface area contributed by atoms with E-state index in [0.29, 0.717) is 17.1 Å². The van der Waals surface area contributed by atoms with Crippen LogP contribution < -0.4 is 15.2 Å². The average Bonchev–Trinajstić information content (AvgIpc) is 2.51. The van der Waals surface area contributed by atoms with Crippen LogP contribution in [0.5, 0.6) is 11.5 Å². The minimum absolute atomic E-state index is 0.155. The predicted molar refractivity (Wildman–Crippen MR) is 71.9 cm³/mol. The van der Waals surface area contributed by atoms with Crippen LogP contribution in [0.4, 0.5) is 13.2 Å². The summed E-state index contributed by atoms with van der Waals surface area (Å²) >= 11 is 0. The van der Waals surface area contributed by atoms with Gasteiger partial charge in [0, 0.05) is 17.2 Å². The largest absolute Gasteiger partial charge is 0.497 e. The molecule has 2 rings (SSSR count). The van der Waals surface area contributed by atoms with E-state index in [1.807, 2.05) is 0 Å². The van der Waals surface area contributed by atoms with Gasteiger partial charge in [-0.15, -0.1) is 0 Å². The molecule has 0 aliphatic heterocycles. The van der Waals surface area contributed by atoms with Crippen molar-refractivity contribution in [2.45, 2.75) is 6.04 Å². The Kier molecular flexibility index (Phi) is 4.37. The van der Waals surface area contributed by atoms with Gasteiger partial charge in [0.2, 0.25) is 0 Å². The van der Waals surface area contributed by atoms with Gasteiger partial charge in [0.05, 0.1) is 20.3 Å². The fourth-order valence-corrected chi connectivity index (χ4v) is 2.02. The Morgan fingerprint density at radius 3 is 2.19 bits per heavy atom. The highest BCUT2D eigenvalue weighted by Gasteiger charge is 2.22. The Morgan fingerprint density at radius 2 is 1.57 bits per heavy atom. The zero-order valence-corrected chi connectivity index (χ0v) is 11.5. The average molecular weight is 297 g/mol. The minimum atomic E-state index is -1.55. The zero-order valence-electron chi connectivity index (χ0n) is 11.5. The third-order valence-electron chi connectivity index (χ3n) is 3.18. The van der Waals surface area contributed by atoms with Gasteiger partial charge < -0.3 is 15.2 Å². The Hall–Kier alpha value is -2.21. The van der Waals surface area contributed by atoms with Gasteiger partial charge in [-0.05, 0) is 18.2 Å². The normalized spacial score (nSPS) is 12.1. The molecule has 1 atom stereocenters. The fourth-order valence-electron chi connectivity index (χ4n) is 2.02. The summed E-state index contributed by atoms with van der Waals surface area (Å²) in [6, 6.07) is 5.73. The predicted octanol–water partition coefficient (Wildman–Crippen LogP) is 3.17. The molecule has 1 unspecified atom stereocenters. The SMILES string of the molecule is COc1ccc(C(N)c2ccc(F)c(F)c2F)c(OC)c1. The quantitative estimate of drug-likeness (QED) is 0.882. The molecular weight excluding hydrogens is 283 g/mol. The Labute approximate surface area is 120 Å². The molecule has 0 aromatic heterocycles. The molecule has 0 aliphatic rings. The molecule has 0 radical (unpaired) electrons. The maximum Gasteiger partial charge on any atom is 0.194 e. The number of nitrogens with two attached hydrogens (primary N) is 1. The van der Waals surface area contributed by atoms with E-state index >= 15 is 0 Å². The van der Waals surface area contributed by atoms with Crippen LogP contribution in [0.15, 0.2) is 30.3 Å².